The SMILES string of the molecule is CC(=O)[C@H](Cc1cncn1C)NC(=O)OC(C)(C)C. The van der Waals surface area contributed by atoms with Gasteiger partial charge in [-0.3, -0.25) is 4.79 Å². The number of hydrogen-bond donors (Lipinski definition) is 1. The Kier molecular flexibility index (Phi) is 4.69. The van der Waals surface area contributed by atoms with Crippen molar-refractivity contribution in [1.82, 2.24) is 14.9 Å². The third kappa shape index (κ3) is 5.11. The van der Waals surface area contributed by atoms with E-state index in [-0.39, 0.29) is 5.78 Å². The summed E-state index contributed by atoms with van der Waals surface area (Å²) in [7, 11) is 1.84. The summed E-state index contributed by atoms with van der Waals surface area (Å²) in [4.78, 5) is 27.2. The molecule has 0 saturated heterocycles. The number of ether oxygens (including phenoxy) is 1. The highest BCUT2D eigenvalue weighted by molar-refractivity contribution is 5.85. The van der Waals surface area contributed by atoms with E-state index < -0.39 is 17.7 Å². The van der Waals surface area contributed by atoms with Crippen molar-refractivity contribution in [3.63, 3.8) is 0 Å². The Morgan fingerprint density at radius 1 is 1.47 bits per heavy atom. The summed E-state index contributed by atoms with van der Waals surface area (Å²) < 4.78 is 6.96. The summed E-state index contributed by atoms with van der Waals surface area (Å²) in [6.07, 6.45) is 3.13. The van der Waals surface area contributed by atoms with Crippen molar-refractivity contribution in [3.05, 3.63) is 18.2 Å². The van der Waals surface area contributed by atoms with Crippen LogP contribution in [-0.4, -0.2) is 33.1 Å². The summed E-state index contributed by atoms with van der Waals surface area (Å²) in [6, 6.07) is -0.606. The van der Waals surface area contributed by atoms with Gasteiger partial charge in [-0.1, -0.05) is 0 Å². The Balaban J connectivity index is 2.67. The first-order valence-electron chi connectivity index (χ1n) is 6.14. The molecule has 19 heavy (non-hydrogen) atoms. The maximum absolute atomic E-state index is 11.7. The largest absolute Gasteiger partial charge is 0.444 e. The van der Waals surface area contributed by atoms with Crippen LogP contribution in [0.4, 0.5) is 4.79 Å². The summed E-state index contributed by atoms with van der Waals surface area (Å²) in [5, 5.41) is 2.59. The first kappa shape index (κ1) is 15.2. The van der Waals surface area contributed by atoms with Gasteiger partial charge in [-0.2, -0.15) is 0 Å². The number of rotatable bonds is 4. The number of nitrogens with one attached hydrogen (secondary N) is 1. The molecule has 0 aliphatic heterocycles. The summed E-state index contributed by atoms with van der Waals surface area (Å²) >= 11 is 0. The average molecular weight is 267 g/mol. The summed E-state index contributed by atoms with van der Waals surface area (Å²) in [5.74, 6) is -0.118. The van der Waals surface area contributed by atoms with Gasteiger partial charge in [0.2, 0.25) is 0 Å². The number of carbonyl (C=O) groups is 2. The number of alkyl carbamates (subject to hydrolysis) is 1. The lowest BCUT2D eigenvalue weighted by Crippen LogP contribution is -2.44. The van der Waals surface area contributed by atoms with Gasteiger partial charge in [0.25, 0.3) is 0 Å². The number of hydrogen-bond acceptors (Lipinski definition) is 4. The van der Waals surface area contributed by atoms with Crippen LogP contribution in [0.15, 0.2) is 12.5 Å². The molecule has 1 amide bonds. The van der Waals surface area contributed by atoms with E-state index in [4.69, 9.17) is 4.74 Å². The van der Waals surface area contributed by atoms with Crippen LogP contribution in [0.3, 0.4) is 0 Å². The molecule has 1 aromatic rings. The quantitative estimate of drug-likeness (QED) is 0.896. The van der Waals surface area contributed by atoms with Crippen LogP contribution in [0.25, 0.3) is 0 Å². The van der Waals surface area contributed by atoms with Gasteiger partial charge in [-0.25, -0.2) is 9.78 Å². The van der Waals surface area contributed by atoms with E-state index in [2.05, 4.69) is 10.3 Å². The van der Waals surface area contributed by atoms with Gasteiger partial charge in [-0.15, -0.1) is 0 Å². The van der Waals surface area contributed by atoms with Gasteiger partial charge in [0.05, 0.1) is 12.4 Å². The van der Waals surface area contributed by atoms with Crippen LogP contribution in [0.2, 0.25) is 0 Å². The van der Waals surface area contributed by atoms with Crippen LogP contribution in [0.1, 0.15) is 33.4 Å². The minimum atomic E-state index is -0.606. The van der Waals surface area contributed by atoms with Gasteiger partial charge in [0.15, 0.2) is 5.78 Å². The third-order valence-electron chi connectivity index (χ3n) is 2.51. The highest BCUT2D eigenvalue weighted by Gasteiger charge is 2.23. The van der Waals surface area contributed by atoms with Crippen molar-refractivity contribution in [2.45, 2.75) is 45.8 Å². The number of carbonyl (C=O) groups excluding carboxylic acids is 2. The fraction of sp³-hybridized carbons (Fsp3) is 0.615. The average Bonchev–Trinajstić information content (AvgIpc) is 2.60. The molecule has 6 nitrogen and oxygen atoms in total. The molecule has 0 radical (unpaired) electrons. The Bertz CT molecular complexity index is 460. The van der Waals surface area contributed by atoms with Gasteiger partial charge in [-0.05, 0) is 27.7 Å². The van der Waals surface area contributed by atoms with Crippen LogP contribution < -0.4 is 5.32 Å². The highest BCUT2D eigenvalue weighted by Crippen LogP contribution is 2.08. The molecule has 1 aromatic heterocycles. The minimum Gasteiger partial charge on any atom is -0.444 e. The molecule has 1 rings (SSSR count). The second-order valence-corrected chi connectivity index (χ2v) is 5.51. The van der Waals surface area contributed by atoms with Crippen LogP contribution >= 0.6 is 0 Å². The molecule has 106 valence electrons. The second kappa shape index (κ2) is 5.86. The van der Waals surface area contributed by atoms with Crippen molar-refractivity contribution < 1.29 is 14.3 Å². The number of amides is 1. The van der Waals surface area contributed by atoms with Crippen molar-refractivity contribution >= 4 is 11.9 Å². The van der Waals surface area contributed by atoms with E-state index in [1.54, 1.807) is 33.3 Å². The van der Waals surface area contributed by atoms with Crippen molar-refractivity contribution in [2.24, 2.45) is 7.05 Å². The molecular formula is C13H21N3O3. The predicted molar refractivity (Wildman–Crippen MR) is 70.8 cm³/mol. The normalized spacial score (nSPS) is 12.9. The highest BCUT2D eigenvalue weighted by atomic mass is 16.6. The Morgan fingerprint density at radius 3 is 2.53 bits per heavy atom. The predicted octanol–water partition coefficient (Wildman–Crippen LogP) is 1.44. The van der Waals surface area contributed by atoms with Crippen molar-refractivity contribution in [1.29, 1.82) is 0 Å². The van der Waals surface area contributed by atoms with Gasteiger partial charge in [0, 0.05) is 25.4 Å². The molecule has 0 saturated carbocycles. The Labute approximate surface area is 113 Å². The first-order valence-corrected chi connectivity index (χ1v) is 6.14. The van der Waals surface area contributed by atoms with E-state index in [0.717, 1.165) is 5.69 Å². The molecule has 0 unspecified atom stereocenters. The molecular weight excluding hydrogens is 246 g/mol. The van der Waals surface area contributed by atoms with Crippen LogP contribution in [-0.2, 0) is 23.0 Å². The van der Waals surface area contributed by atoms with Gasteiger partial charge >= 0.3 is 6.09 Å². The fourth-order valence-corrected chi connectivity index (χ4v) is 1.54. The maximum atomic E-state index is 11.7. The fourth-order valence-electron chi connectivity index (χ4n) is 1.54. The number of aryl methyl sites for hydroxylation is 1. The molecule has 1 heterocycles. The van der Waals surface area contributed by atoms with E-state index in [0.29, 0.717) is 6.42 Å². The molecule has 0 aromatic carbocycles. The zero-order valence-electron chi connectivity index (χ0n) is 12.1. The molecule has 0 bridgehead atoms. The standard InChI is InChI=1S/C13H21N3O3/c1-9(17)11(6-10-7-14-8-16(10)5)15-12(18)19-13(2,3)4/h7-8,11H,6H2,1-5H3,(H,15,18)/t11-/m0/s1. The molecule has 1 atom stereocenters. The van der Waals surface area contributed by atoms with Crippen molar-refractivity contribution in [2.75, 3.05) is 0 Å². The zero-order chi connectivity index (χ0) is 14.6. The van der Waals surface area contributed by atoms with E-state index in [1.165, 1.54) is 6.92 Å². The van der Waals surface area contributed by atoms with Crippen LogP contribution in [0.5, 0.6) is 0 Å². The third-order valence-corrected chi connectivity index (χ3v) is 2.51. The van der Waals surface area contributed by atoms with Crippen molar-refractivity contribution in [3.8, 4) is 0 Å². The number of imidazole rings is 1. The van der Waals surface area contributed by atoms with Gasteiger partial charge < -0.3 is 14.6 Å². The number of aromatic nitrogens is 2. The smallest absolute Gasteiger partial charge is 0.408 e. The topological polar surface area (TPSA) is 73.2 Å². The Hall–Kier alpha value is -1.85. The zero-order valence-corrected chi connectivity index (χ0v) is 12.1. The monoisotopic (exact) mass is 267 g/mol. The van der Waals surface area contributed by atoms with E-state index >= 15 is 0 Å². The lowest BCUT2D eigenvalue weighted by Gasteiger charge is -2.22. The molecule has 0 aliphatic carbocycles. The summed E-state index contributed by atoms with van der Waals surface area (Å²) in [5.41, 5.74) is 0.286. The molecule has 6 heteroatoms. The van der Waals surface area contributed by atoms with E-state index in [9.17, 15) is 9.59 Å². The number of ketones is 1. The molecule has 1 N–H and O–H groups in total. The summed E-state index contributed by atoms with van der Waals surface area (Å²) in [6.45, 7) is 6.77. The molecule has 0 spiro atoms. The van der Waals surface area contributed by atoms with Crippen LogP contribution in [0, 0.1) is 0 Å². The lowest BCUT2D eigenvalue weighted by molar-refractivity contribution is -0.119. The molecule has 0 aliphatic rings. The first-order chi connectivity index (χ1) is 8.69. The minimum absolute atomic E-state index is 0.118. The number of nitrogens with zero attached hydrogens (tertiary/aromatic N) is 2. The Morgan fingerprint density at radius 2 is 2.11 bits per heavy atom. The van der Waals surface area contributed by atoms with Gasteiger partial charge in [0.1, 0.15) is 5.60 Å². The number of Topliss-reactive ketones (excluding diaryl/α,β-unsaturated/α-hetero) is 1. The maximum Gasteiger partial charge on any atom is 0.408 e. The lowest BCUT2D eigenvalue weighted by atomic mass is 10.1. The second-order valence-electron chi connectivity index (χ2n) is 5.51. The molecule has 0 fully saturated rings. The van der Waals surface area contributed by atoms with E-state index in [1.807, 2.05) is 11.6 Å².